The Morgan fingerprint density at radius 2 is 1.77 bits per heavy atom. The topological polar surface area (TPSA) is 77.0 Å². The van der Waals surface area contributed by atoms with E-state index in [2.05, 4.69) is 19.2 Å². The second-order valence-corrected chi connectivity index (χ2v) is 5.84. The molecule has 6 nitrogen and oxygen atoms in total. The number of rotatable bonds is 9. The van der Waals surface area contributed by atoms with Gasteiger partial charge in [0.1, 0.15) is 18.2 Å². The molecule has 0 bridgehead atoms. The van der Waals surface area contributed by atoms with Crippen LogP contribution >= 0.6 is 0 Å². The maximum atomic E-state index is 11.5. The Hall–Kier alpha value is -0.690. The molecule has 1 saturated heterocycles. The summed E-state index contributed by atoms with van der Waals surface area (Å²) >= 11 is 0. The lowest BCUT2D eigenvalue weighted by Crippen LogP contribution is -2.64. The predicted molar refractivity (Wildman–Crippen MR) is 83.5 cm³/mol. The van der Waals surface area contributed by atoms with Gasteiger partial charge in [0, 0.05) is 20.1 Å². The van der Waals surface area contributed by atoms with E-state index in [0.29, 0.717) is 13.2 Å². The summed E-state index contributed by atoms with van der Waals surface area (Å²) in [4.78, 5) is 11.5. The van der Waals surface area contributed by atoms with Crippen molar-refractivity contribution in [3.63, 3.8) is 0 Å². The van der Waals surface area contributed by atoms with E-state index in [1.165, 1.54) is 6.92 Å². The van der Waals surface area contributed by atoms with Crippen molar-refractivity contribution in [3.8, 4) is 0 Å². The van der Waals surface area contributed by atoms with Gasteiger partial charge in [-0.3, -0.25) is 4.79 Å². The van der Waals surface area contributed by atoms with E-state index in [0.717, 1.165) is 25.7 Å². The molecule has 0 aliphatic carbocycles. The molecule has 0 radical (unpaired) electrons. The summed E-state index contributed by atoms with van der Waals surface area (Å²) in [5, 5.41) is 13.2. The van der Waals surface area contributed by atoms with Crippen LogP contribution in [0.3, 0.4) is 0 Å². The molecular formula is C16H31NO5. The van der Waals surface area contributed by atoms with Crippen LogP contribution in [0.1, 0.15) is 53.4 Å². The molecule has 0 aromatic heterocycles. The molecule has 6 heteroatoms. The number of ether oxygens (including phenoxy) is 3. The van der Waals surface area contributed by atoms with E-state index >= 15 is 0 Å². The van der Waals surface area contributed by atoms with E-state index in [-0.39, 0.29) is 5.91 Å². The van der Waals surface area contributed by atoms with Crippen molar-refractivity contribution in [2.45, 2.75) is 84.0 Å². The van der Waals surface area contributed by atoms with Crippen LogP contribution in [0.2, 0.25) is 0 Å². The van der Waals surface area contributed by atoms with Gasteiger partial charge in [0.2, 0.25) is 5.91 Å². The molecule has 1 rings (SSSR count). The summed E-state index contributed by atoms with van der Waals surface area (Å²) in [7, 11) is 0. The Morgan fingerprint density at radius 1 is 1.18 bits per heavy atom. The van der Waals surface area contributed by atoms with E-state index in [4.69, 9.17) is 14.2 Å². The standard InChI is InChI=1S/C16H31NO5/c1-5-7-9-20-15-13(17-12(4)18)16(21-10-8-6-2)22-11(3)14(15)19/h11,13-16,19H,5-10H2,1-4H3,(H,17,18)/t11?,13-,14+,15+,16-/m0/s1. The van der Waals surface area contributed by atoms with Gasteiger partial charge in [0.05, 0.1) is 6.10 Å². The van der Waals surface area contributed by atoms with Gasteiger partial charge in [0.15, 0.2) is 6.29 Å². The first kappa shape index (κ1) is 19.4. The molecule has 130 valence electrons. The van der Waals surface area contributed by atoms with Gasteiger partial charge < -0.3 is 24.6 Å². The number of unbranched alkanes of at least 4 members (excludes halogenated alkanes) is 2. The molecule has 0 aromatic carbocycles. The molecule has 1 heterocycles. The summed E-state index contributed by atoms with van der Waals surface area (Å²) in [6.45, 7) is 8.50. The fraction of sp³-hybridized carbons (Fsp3) is 0.938. The molecular weight excluding hydrogens is 286 g/mol. The number of aliphatic hydroxyl groups excluding tert-OH is 1. The van der Waals surface area contributed by atoms with Gasteiger partial charge in [-0.05, 0) is 19.8 Å². The van der Waals surface area contributed by atoms with Crippen LogP contribution in [0.15, 0.2) is 0 Å². The van der Waals surface area contributed by atoms with Crippen LogP contribution in [0.25, 0.3) is 0 Å². The number of hydrogen-bond donors (Lipinski definition) is 2. The molecule has 1 unspecified atom stereocenters. The average Bonchev–Trinajstić information content (AvgIpc) is 2.47. The second-order valence-electron chi connectivity index (χ2n) is 5.84. The normalized spacial score (nSPS) is 32.0. The molecule has 2 N–H and O–H groups in total. The molecule has 1 fully saturated rings. The second kappa shape index (κ2) is 10.2. The van der Waals surface area contributed by atoms with Gasteiger partial charge in [-0.25, -0.2) is 0 Å². The highest BCUT2D eigenvalue weighted by Crippen LogP contribution is 2.25. The number of carbonyl (C=O) groups excluding carboxylic acids is 1. The Labute approximate surface area is 133 Å². The van der Waals surface area contributed by atoms with E-state index in [1.54, 1.807) is 6.92 Å². The molecule has 5 atom stereocenters. The van der Waals surface area contributed by atoms with Crippen LogP contribution in [0, 0.1) is 0 Å². The summed E-state index contributed by atoms with van der Waals surface area (Å²) in [5.74, 6) is -0.191. The molecule has 0 aromatic rings. The summed E-state index contributed by atoms with van der Waals surface area (Å²) < 4.78 is 17.3. The summed E-state index contributed by atoms with van der Waals surface area (Å²) in [6, 6.07) is -0.502. The predicted octanol–water partition coefficient (Wildman–Crippen LogP) is 1.60. The smallest absolute Gasteiger partial charge is 0.217 e. The summed E-state index contributed by atoms with van der Waals surface area (Å²) in [6.07, 6.45) is 1.55. The SMILES string of the molecule is CCCCO[C@H]1OC(C)[C@@H](O)[C@H](OCCCC)[C@@H]1NC(C)=O. The Morgan fingerprint density at radius 3 is 2.32 bits per heavy atom. The third-order valence-corrected chi connectivity index (χ3v) is 3.77. The first-order chi connectivity index (χ1) is 10.5. The zero-order valence-electron chi connectivity index (χ0n) is 14.2. The number of carbonyl (C=O) groups is 1. The van der Waals surface area contributed by atoms with E-state index in [9.17, 15) is 9.90 Å². The zero-order valence-corrected chi connectivity index (χ0v) is 14.2. The maximum absolute atomic E-state index is 11.5. The number of nitrogens with one attached hydrogen (secondary N) is 1. The fourth-order valence-electron chi connectivity index (χ4n) is 2.45. The van der Waals surface area contributed by atoms with Crippen LogP contribution in [0.4, 0.5) is 0 Å². The number of aliphatic hydroxyl groups is 1. The largest absolute Gasteiger partial charge is 0.388 e. The van der Waals surface area contributed by atoms with Crippen molar-refractivity contribution in [2.24, 2.45) is 0 Å². The van der Waals surface area contributed by atoms with Gasteiger partial charge in [-0.1, -0.05) is 26.7 Å². The molecule has 0 spiro atoms. The van der Waals surface area contributed by atoms with Crippen molar-refractivity contribution in [1.29, 1.82) is 0 Å². The van der Waals surface area contributed by atoms with Gasteiger partial charge >= 0.3 is 0 Å². The summed E-state index contributed by atoms with van der Waals surface area (Å²) in [5.41, 5.74) is 0. The van der Waals surface area contributed by atoms with Crippen molar-refractivity contribution in [2.75, 3.05) is 13.2 Å². The molecule has 0 saturated carbocycles. The minimum atomic E-state index is -0.792. The van der Waals surface area contributed by atoms with Crippen molar-refractivity contribution in [3.05, 3.63) is 0 Å². The third kappa shape index (κ3) is 5.83. The van der Waals surface area contributed by atoms with Crippen molar-refractivity contribution in [1.82, 2.24) is 5.32 Å². The minimum absolute atomic E-state index is 0.191. The Balaban J connectivity index is 2.77. The maximum Gasteiger partial charge on any atom is 0.217 e. The molecule has 1 aliphatic heterocycles. The lowest BCUT2D eigenvalue weighted by molar-refractivity contribution is -0.267. The minimum Gasteiger partial charge on any atom is -0.388 e. The molecule has 1 amide bonds. The quantitative estimate of drug-likeness (QED) is 0.632. The first-order valence-electron chi connectivity index (χ1n) is 8.35. The average molecular weight is 317 g/mol. The van der Waals surface area contributed by atoms with E-state index < -0.39 is 30.6 Å². The third-order valence-electron chi connectivity index (χ3n) is 3.77. The van der Waals surface area contributed by atoms with Gasteiger partial charge in [-0.2, -0.15) is 0 Å². The first-order valence-corrected chi connectivity index (χ1v) is 8.35. The van der Waals surface area contributed by atoms with Crippen LogP contribution in [-0.4, -0.2) is 54.9 Å². The van der Waals surface area contributed by atoms with Crippen LogP contribution < -0.4 is 5.32 Å². The van der Waals surface area contributed by atoms with Crippen LogP contribution in [0.5, 0.6) is 0 Å². The zero-order chi connectivity index (χ0) is 16.5. The van der Waals surface area contributed by atoms with Crippen molar-refractivity contribution < 1.29 is 24.1 Å². The number of amides is 1. The highest BCUT2D eigenvalue weighted by Gasteiger charge is 2.45. The highest BCUT2D eigenvalue weighted by molar-refractivity contribution is 5.73. The fourth-order valence-corrected chi connectivity index (χ4v) is 2.45. The van der Waals surface area contributed by atoms with Crippen LogP contribution in [-0.2, 0) is 19.0 Å². The highest BCUT2D eigenvalue weighted by atomic mass is 16.7. The van der Waals surface area contributed by atoms with Gasteiger partial charge in [-0.15, -0.1) is 0 Å². The van der Waals surface area contributed by atoms with Crippen molar-refractivity contribution >= 4 is 5.91 Å². The number of hydrogen-bond acceptors (Lipinski definition) is 5. The molecule has 1 aliphatic rings. The Bertz CT molecular complexity index is 326. The van der Waals surface area contributed by atoms with Gasteiger partial charge in [0.25, 0.3) is 0 Å². The lowest BCUT2D eigenvalue weighted by atomic mass is 9.97. The monoisotopic (exact) mass is 317 g/mol. The Kier molecular flexibility index (Phi) is 8.93. The van der Waals surface area contributed by atoms with E-state index in [1.807, 2.05) is 0 Å². The lowest BCUT2D eigenvalue weighted by Gasteiger charge is -2.43. The molecule has 22 heavy (non-hydrogen) atoms.